The Morgan fingerprint density at radius 2 is 2.03 bits per heavy atom. The van der Waals surface area contributed by atoms with Crippen molar-refractivity contribution in [3.05, 3.63) is 71.2 Å². The lowest BCUT2D eigenvalue weighted by Gasteiger charge is -2.15. The maximum Gasteiger partial charge on any atom is 0.191 e. The van der Waals surface area contributed by atoms with E-state index in [1.165, 1.54) is 22.4 Å². The Balaban J connectivity index is 0.00000324. The van der Waals surface area contributed by atoms with Crippen LogP contribution in [0.3, 0.4) is 0 Å². The molecule has 178 valence electrons. The average molecular weight is 575 g/mol. The summed E-state index contributed by atoms with van der Waals surface area (Å²) in [5, 5.41) is 20.6. The molecule has 0 radical (unpaired) electrons. The minimum absolute atomic E-state index is 0. The molecule has 8 nitrogen and oxygen atoms in total. The predicted octanol–water partition coefficient (Wildman–Crippen LogP) is 3.18. The van der Waals surface area contributed by atoms with Gasteiger partial charge in [-0.3, -0.25) is 4.99 Å². The van der Waals surface area contributed by atoms with E-state index < -0.39 is 0 Å². The summed E-state index contributed by atoms with van der Waals surface area (Å²) in [6.45, 7) is 1.28. The number of benzene rings is 2. The van der Waals surface area contributed by atoms with Gasteiger partial charge in [0.1, 0.15) is 35.1 Å². The Hall–Kier alpha value is -3.33. The number of nitrogen functional groups attached to an aromatic ring is 1. The van der Waals surface area contributed by atoms with E-state index >= 15 is 0 Å². The molecular formula is C24H27FIN7O. The molecule has 34 heavy (non-hydrogen) atoms. The topological polar surface area (TPSA) is 113 Å². The molecule has 0 saturated carbocycles. The molecule has 0 amide bonds. The number of aryl methyl sites for hydroxylation is 1. The van der Waals surface area contributed by atoms with Crippen molar-refractivity contribution in [2.24, 2.45) is 4.99 Å². The lowest BCUT2D eigenvalue weighted by molar-refractivity contribution is 0.235. The number of anilines is 1. The summed E-state index contributed by atoms with van der Waals surface area (Å²) in [6, 6.07) is 16.0. The van der Waals surface area contributed by atoms with Gasteiger partial charge in [0.25, 0.3) is 0 Å². The van der Waals surface area contributed by atoms with Crippen molar-refractivity contribution in [3.8, 4) is 17.5 Å². The number of para-hydroxylation sites is 1. The molecule has 1 atom stereocenters. The molecule has 1 aliphatic rings. The smallest absolute Gasteiger partial charge is 0.191 e. The van der Waals surface area contributed by atoms with Gasteiger partial charge in [0.2, 0.25) is 0 Å². The summed E-state index contributed by atoms with van der Waals surface area (Å²) in [4.78, 5) is 4.26. The van der Waals surface area contributed by atoms with Gasteiger partial charge in [0, 0.05) is 20.0 Å². The number of ether oxygens (including phenoxy) is 1. The van der Waals surface area contributed by atoms with Crippen LogP contribution in [0.5, 0.6) is 5.75 Å². The van der Waals surface area contributed by atoms with E-state index in [1.807, 2.05) is 18.2 Å². The number of guanidine groups is 1. The molecule has 0 bridgehead atoms. The summed E-state index contributed by atoms with van der Waals surface area (Å²) in [5.41, 5.74) is 8.91. The van der Waals surface area contributed by atoms with Crippen molar-refractivity contribution >= 4 is 35.8 Å². The highest BCUT2D eigenvalue weighted by Crippen LogP contribution is 2.27. The number of fused-ring (bicyclic) bond motifs is 1. The van der Waals surface area contributed by atoms with Gasteiger partial charge >= 0.3 is 0 Å². The van der Waals surface area contributed by atoms with Crippen molar-refractivity contribution < 1.29 is 9.13 Å². The van der Waals surface area contributed by atoms with Crippen LogP contribution in [0.4, 0.5) is 10.2 Å². The van der Waals surface area contributed by atoms with Crippen molar-refractivity contribution in [2.75, 3.05) is 25.9 Å². The quantitative estimate of drug-likeness (QED) is 0.173. The molecule has 1 aliphatic heterocycles. The average Bonchev–Trinajstić information content (AvgIpc) is 3.39. The molecule has 2 aromatic carbocycles. The zero-order chi connectivity index (χ0) is 23.2. The van der Waals surface area contributed by atoms with Crippen molar-refractivity contribution in [1.82, 2.24) is 20.4 Å². The van der Waals surface area contributed by atoms with Crippen LogP contribution in [0, 0.1) is 17.1 Å². The maximum atomic E-state index is 13.2. The molecule has 4 rings (SSSR count). The Morgan fingerprint density at radius 3 is 2.74 bits per heavy atom. The van der Waals surface area contributed by atoms with Gasteiger partial charge in [-0.2, -0.15) is 10.4 Å². The molecule has 0 spiro atoms. The number of rotatable bonds is 7. The third-order valence-electron chi connectivity index (χ3n) is 5.49. The predicted molar refractivity (Wildman–Crippen MR) is 140 cm³/mol. The van der Waals surface area contributed by atoms with Crippen LogP contribution in [-0.4, -0.2) is 42.0 Å². The third kappa shape index (κ3) is 5.77. The van der Waals surface area contributed by atoms with Crippen LogP contribution < -0.4 is 21.1 Å². The van der Waals surface area contributed by atoms with Gasteiger partial charge in [0.15, 0.2) is 5.96 Å². The van der Waals surface area contributed by atoms with Gasteiger partial charge in [-0.25, -0.2) is 9.07 Å². The minimum atomic E-state index is -0.345. The van der Waals surface area contributed by atoms with E-state index in [2.05, 4.69) is 32.9 Å². The first-order chi connectivity index (χ1) is 16.1. The van der Waals surface area contributed by atoms with Gasteiger partial charge in [-0.15, -0.1) is 24.0 Å². The maximum absolute atomic E-state index is 13.2. The lowest BCUT2D eigenvalue weighted by Crippen LogP contribution is -2.42. The van der Waals surface area contributed by atoms with Crippen molar-refractivity contribution in [1.29, 1.82) is 5.26 Å². The standard InChI is InChI=1S/C24H26FN7O.HI/c1-28-24(30-15-19-13-16-5-2-3-7-22(16)33-19)29-12-4-6-21-20(14-26)23(27)32(31-21)18-10-8-17(25)9-11-18;/h2-3,5,7-11,19H,4,6,12-13,15,27H2,1H3,(H2,28,29,30);1H. The Kier molecular flexibility index (Phi) is 8.70. The summed E-state index contributed by atoms with van der Waals surface area (Å²) in [7, 11) is 1.72. The SMILES string of the molecule is CN=C(NCCCc1nn(-c2ccc(F)cc2)c(N)c1C#N)NCC1Cc2ccccc2O1.I. The number of nitriles is 1. The normalized spacial score (nSPS) is 14.5. The Morgan fingerprint density at radius 1 is 1.26 bits per heavy atom. The van der Waals surface area contributed by atoms with Crippen LogP contribution in [0.1, 0.15) is 23.2 Å². The monoisotopic (exact) mass is 575 g/mol. The number of aliphatic imine (C=N–C) groups is 1. The molecule has 0 fully saturated rings. The number of nitrogens with two attached hydrogens (primary N) is 1. The molecule has 0 aliphatic carbocycles. The summed E-state index contributed by atoms with van der Waals surface area (Å²) >= 11 is 0. The number of halogens is 2. The highest BCUT2D eigenvalue weighted by Gasteiger charge is 2.22. The van der Waals surface area contributed by atoms with Crippen LogP contribution in [-0.2, 0) is 12.8 Å². The second-order valence-electron chi connectivity index (χ2n) is 7.74. The zero-order valence-electron chi connectivity index (χ0n) is 18.8. The van der Waals surface area contributed by atoms with Gasteiger partial charge in [-0.1, -0.05) is 18.2 Å². The summed E-state index contributed by atoms with van der Waals surface area (Å²) in [5.74, 6) is 1.54. The number of nitrogens with one attached hydrogen (secondary N) is 2. The van der Waals surface area contributed by atoms with Crippen LogP contribution >= 0.6 is 24.0 Å². The van der Waals surface area contributed by atoms with Crippen LogP contribution in [0.2, 0.25) is 0 Å². The van der Waals surface area contributed by atoms with E-state index in [-0.39, 0.29) is 41.7 Å². The second kappa shape index (κ2) is 11.7. The van der Waals surface area contributed by atoms with E-state index in [0.29, 0.717) is 42.4 Å². The van der Waals surface area contributed by atoms with E-state index in [4.69, 9.17) is 10.5 Å². The summed E-state index contributed by atoms with van der Waals surface area (Å²) in [6.07, 6.45) is 2.22. The van der Waals surface area contributed by atoms with Crippen LogP contribution in [0.25, 0.3) is 5.69 Å². The van der Waals surface area contributed by atoms with Crippen molar-refractivity contribution in [2.45, 2.75) is 25.4 Å². The highest BCUT2D eigenvalue weighted by atomic mass is 127. The number of hydrogen-bond donors (Lipinski definition) is 3. The van der Waals surface area contributed by atoms with Crippen LogP contribution in [0.15, 0.2) is 53.5 Å². The fraction of sp³-hybridized carbons (Fsp3) is 0.292. The second-order valence-corrected chi connectivity index (χ2v) is 7.74. The molecule has 1 aromatic heterocycles. The molecule has 10 heteroatoms. The highest BCUT2D eigenvalue weighted by molar-refractivity contribution is 14.0. The number of hydrogen-bond acceptors (Lipinski definition) is 5. The molecule has 1 unspecified atom stereocenters. The van der Waals surface area contributed by atoms with E-state index in [9.17, 15) is 9.65 Å². The first kappa shape index (κ1) is 25.3. The molecule has 2 heterocycles. The lowest BCUT2D eigenvalue weighted by atomic mass is 10.1. The van der Waals surface area contributed by atoms with Crippen molar-refractivity contribution in [3.63, 3.8) is 0 Å². The fourth-order valence-corrected chi connectivity index (χ4v) is 3.82. The van der Waals surface area contributed by atoms with E-state index in [0.717, 1.165) is 18.6 Å². The minimum Gasteiger partial charge on any atom is -0.488 e. The van der Waals surface area contributed by atoms with Gasteiger partial charge in [0.05, 0.1) is 17.9 Å². The first-order valence-corrected chi connectivity index (χ1v) is 10.8. The Labute approximate surface area is 215 Å². The number of aromatic nitrogens is 2. The van der Waals surface area contributed by atoms with E-state index in [1.54, 1.807) is 19.2 Å². The fourth-order valence-electron chi connectivity index (χ4n) is 3.82. The van der Waals surface area contributed by atoms with Gasteiger partial charge in [-0.05, 0) is 48.7 Å². The number of nitrogens with zero attached hydrogens (tertiary/aromatic N) is 4. The Bertz CT molecular complexity index is 1160. The summed E-state index contributed by atoms with van der Waals surface area (Å²) < 4.78 is 20.6. The largest absolute Gasteiger partial charge is 0.488 e. The van der Waals surface area contributed by atoms with Gasteiger partial charge < -0.3 is 21.1 Å². The molecule has 0 saturated heterocycles. The molecule has 3 aromatic rings. The molecular weight excluding hydrogens is 548 g/mol. The molecule has 4 N–H and O–H groups in total. The zero-order valence-corrected chi connectivity index (χ0v) is 21.1. The third-order valence-corrected chi connectivity index (χ3v) is 5.49. The first-order valence-electron chi connectivity index (χ1n) is 10.8.